The first-order valence-electron chi connectivity index (χ1n) is 6.65. The molecule has 5 heteroatoms. The molecule has 0 atom stereocenters. The molecule has 0 spiro atoms. The molecule has 0 amide bonds. The third-order valence-electron chi connectivity index (χ3n) is 3.02. The number of alkyl halides is 1. The van der Waals surface area contributed by atoms with Gasteiger partial charge in [-0.05, 0) is 31.0 Å². The molecule has 1 aromatic carbocycles. The molecule has 108 valence electrons. The lowest BCUT2D eigenvalue weighted by Crippen LogP contribution is -2.02. The van der Waals surface area contributed by atoms with E-state index in [-0.39, 0.29) is 0 Å². The molecule has 4 nitrogen and oxygen atoms in total. The molecule has 1 N–H and O–H groups in total. The van der Waals surface area contributed by atoms with Gasteiger partial charge in [0, 0.05) is 5.88 Å². The van der Waals surface area contributed by atoms with Crippen LogP contribution in [0.4, 0.5) is 0 Å². The third kappa shape index (κ3) is 3.67. The van der Waals surface area contributed by atoms with Crippen molar-refractivity contribution < 1.29 is 14.3 Å². The largest absolute Gasteiger partial charge is 0.502 e. The van der Waals surface area contributed by atoms with Gasteiger partial charge in [0.2, 0.25) is 5.43 Å². The average molecular weight is 297 g/mol. The molecular formula is C15H17ClO4. The summed E-state index contributed by atoms with van der Waals surface area (Å²) in [6, 6.07) is 5.01. The van der Waals surface area contributed by atoms with E-state index in [2.05, 4.69) is 0 Å². The number of rotatable bonds is 7. The number of hydrogen-bond acceptors (Lipinski definition) is 4. The number of ether oxygens (including phenoxy) is 1. The number of hydrogen-bond donors (Lipinski definition) is 1. The first-order valence-corrected chi connectivity index (χ1v) is 7.19. The molecule has 2 aromatic rings. The maximum atomic E-state index is 11.8. The van der Waals surface area contributed by atoms with Gasteiger partial charge in [0.15, 0.2) is 5.75 Å². The Balaban J connectivity index is 1.98. The maximum absolute atomic E-state index is 11.8. The van der Waals surface area contributed by atoms with Crippen LogP contribution in [0.5, 0.6) is 11.5 Å². The molecular weight excluding hydrogens is 280 g/mol. The van der Waals surface area contributed by atoms with Crippen LogP contribution in [-0.4, -0.2) is 17.6 Å². The monoisotopic (exact) mass is 296 g/mol. The fourth-order valence-corrected chi connectivity index (χ4v) is 2.12. The Morgan fingerprint density at radius 3 is 2.80 bits per heavy atom. The van der Waals surface area contributed by atoms with Gasteiger partial charge in [-0.1, -0.05) is 12.8 Å². The highest BCUT2D eigenvalue weighted by Gasteiger charge is 2.07. The Morgan fingerprint density at radius 1 is 1.20 bits per heavy atom. The molecule has 1 heterocycles. The zero-order valence-electron chi connectivity index (χ0n) is 11.1. The topological polar surface area (TPSA) is 59.7 Å². The number of unbranched alkanes of at least 4 members (excludes halogenated alkanes) is 3. The molecule has 0 unspecified atom stereocenters. The van der Waals surface area contributed by atoms with Crippen LogP contribution in [0.3, 0.4) is 0 Å². The minimum absolute atomic E-state index is 0.324. The summed E-state index contributed by atoms with van der Waals surface area (Å²) in [7, 11) is 0. The summed E-state index contributed by atoms with van der Waals surface area (Å²) in [4.78, 5) is 11.8. The smallest absolute Gasteiger partial charge is 0.234 e. The lowest BCUT2D eigenvalue weighted by Gasteiger charge is -2.06. The quantitative estimate of drug-likeness (QED) is 0.625. The number of fused-ring (bicyclic) bond motifs is 1. The van der Waals surface area contributed by atoms with Crippen molar-refractivity contribution in [2.45, 2.75) is 25.7 Å². The van der Waals surface area contributed by atoms with Gasteiger partial charge in [-0.3, -0.25) is 4.79 Å². The standard InChI is InChI=1S/C15H17ClO4/c16-7-3-1-2-4-8-19-11-5-6-14-12(9-11)15(18)13(17)10-20-14/h5-6,9-10,17H,1-4,7-8H2. The molecule has 20 heavy (non-hydrogen) atoms. The van der Waals surface area contributed by atoms with Crippen LogP contribution in [-0.2, 0) is 0 Å². The van der Waals surface area contributed by atoms with Gasteiger partial charge in [-0.2, -0.15) is 0 Å². The van der Waals surface area contributed by atoms with Crippen molar-refractivity contribution >= 4 is 22.6 Å². The SMILES string of the molecule is O=c1c(O)coc2ccc(OCCCCCCCl)cc12. The highest BCUT2D eigenvalue weighted by molar-refractivity contribution is 6.17. The first-order chi connectivity index (χ1) is 9.72. The van der Waals surface area contributed by atoms with E-state index in [1.165, 1.54) is 0 Å². The average Bonchev–Trinajstić information content (AvgIpc) is 2.47. The minimum Gasteiger partial charge on any atom is -0.502 e. The summed E-state index contributed by atoms with van der Waals surface area (Å²) >= 11 is 5.60. The van der Waals surface area contributed by atoms with Crippen LogP contribution >= 0.6 is 11.6 Å². The fourth-order valence-electron chi connectivity index (χ4n) is 1.93. The summed E-state index contributed by atoms with van der Waals surface area (Å²) in [6.45, 7) is 0.595. The Bertz CT molecular complexity index is 621. The second-order valence-electron chi connectivity index (χ2n) is 4.56. The Hall–Kier alpha value is -1.68. The van der Waals surface area contributed by atoms with Crippen LogP contribution in [0.15, 0.2) is 33.7 Å². The van der Waals surface area contributed by atoms with E-state index in [1.54, 1.807) is 18.2 Å². The molecule has 0 aliphatic rings. The van der Waals surface area contributed by atoms with Crippen molar-refractivity contribution in [1.82, 2.24) is 0 Å². The highest BCUT2D eigenvalue weighted by atomic mass is 35.5. The van der Waals surface area contributed by atoms with Gasteiger partial charge in [0.25, 0.3) is 0 Å². The van der Waals surface area contributed by atoms with E-state index in [0.717, 1.165) is 31.9 Å². The van der Waals surface area contributed by atoms with Crippen LogP contribution < -0.4 is 10.2 Å². The zero-order chi connectivity index (χ0) is 14.4. The van der Waals surface area contributed by atoms with Gasteiger partial charge >= 0.3 is 0 Å². The van der Waals surface area contributed by atoms with E-state index in [9.17, 15) is 9.90 Å². The Labute approximate surface area is 121 Å². The van der Waals surface area contributed by atoms with Gasteiger partial charge in [-0.25, -0.2) is 0 Å². The number of benzene rings is 1. The van der Waals surface area contributed by atoms with Crippen molar-refractivity contribution in [3.05, 3.63) is 34.7 Å². The van der Waals surface area contributed by atoms with Gasteiger partial charge in [0.1, 0.15) is 17.6 Å². The lowest BCUT2D eigenvalue weighted by atomic mass is 10.2. The molecule has 0 radical (unpaired) electrons. The predicted octanol–water partition coefficient (Wildman–Crippen LogP) is 3.68. The van der Waals surface area contributed by atoms with Crippen molar-refractivity contribution in [1.29, 1.82) is 0 Å². The summed E-state index contributed by atoms with van der Waals surface area (Å²) in [5.74, 6) is 0.911. The van der Waals surface area contributed by atoms with Crippen molar-refractivity contribution in [2.75, 3.05) is 12.5 Å². The minimum atomic E-state index is -0.446. The summed E-state index contributed by atoms with van der Waals surface area (Å²) in [5.41, 5.74) is -0.0129. The second-order valence-corrected chi connectivity index (χ2v) is 4.94. The van der Waals surface area contributed by atoms with Crippen LogP contribution in [0.1, 0.15) is 25.7 Å². The third-order valence-corrected chi connectivity index (χ3v) is 3.29. The van der Waals surface area contributed by atoms with Crippen molar-refractivity contribution in [3.63, 3.8) is 0 Å². The second kappa shape index (κ2) is 7.20. The Morgan fingerprint density at radius 2 is 2.00 bits per heavy atom. The van der Waals surface area contributed by atoms with Crippen molar-refractivity contribution in [2.24, 2.45) is 0 Å². The van der Waals surface area contributed by atoms with Gasteiger partial charge in [-0.15, -0.1) is 11.6 Å². The van der Waals surface area contributed by atoms with E-state index in [1.807, 2.05) is 0 Å². The predicted molar refractivity (Wildman–Crippen MR) is 78.8 cm³/mol. The molecule has 0 fully saturated rings. The molecule has 0 aliphatic carbocycles. The molecule has 0 saturated carbocycles. The lowest BCUT2D eigenvalue weighted by molar-refractivity contribution is 0.305. The molecule has 2 rings (SSSR count). The maximum Gasteiger partial charge on any atom is 0.234 e. The van der Waals surface area contributed by atoms with E-state index >= 15 is 0 Å². The van der Waals surface area contributed by atoms with Gasteiger partial charge in [0.05, 0.1) is 12.0 Å². The van der Waals surface area contributed by atoms with E-state index in [0.29, 0.717) is 29.2 Å². The summed E-state index contributed by atoms with van der Waals surface area (Å²) in [5, 5.41) is 9.67. The van der Waals surface area contributed by atoms with E-state index < -0.39 is 11.2 Å². The van der Waals surface area contributed by atoms with E-state index in [4.69, 9.17) is 20.8 Å². The zero-order valence-corrected chi connectivity index (χ0v) is 11.9. The summed E-state index contributed by atoms with van der Waals surface area (Å²) < 4.78 is 10.7. The number of halogens is 1. The van der Waals surface area contributed by atoms with Crippen LogP contribution in [0, 0.1) is 0 Å². The van der Waals surface area contributed by atoms with Crippen LogP contribution in [0.25, 0.3) is 11.0 Å². The molecule has 0 saturated heterocycles. The molecule has 0 bridgehead atoms. The Kier molecular flexibility index (Phi) is 5.30. The summed E-state index contributed by atoms with van der Waals surface area (Å²) in [6.07, 6.45) is 5.19. The van der Waals surface area contributed by atoms with Gasteiger partial charge < -0.3 is 14.3 Å². The highest BCUT2D eigenvalue weighted by Crippen LogP contribution is 2.20. The fraction of sp³-hybridized carbons (Fsp3) is 0.400. The van der Waals surface area contributed by atoms with Crippen molar-refractivity contribution in [3.8, 4) is 11.5 Å². The number of aromatic hydroxyl groups is 1. The molecule has 0 aliphatic heterocycles. The molecule has 1 aromatic heterocycles. The first kappa shape index (κ1) is 14.7. The van der Waals surface area contributed by atoms with Crippen LogP contribution in [0.2, 0.25) is 0 Å². The normalized spacial score (nSPS) is 10.8.